The molecule has 1 aliphatic rings. The number of anilines is 1. The van der Waals surface area contributed by atoms with E-state index >= 15 is 0 Å². The third-order valence-electron chi connectivity index (χ3n) is 3.29. The molecule has 2 N–H and O–H groups in total. The van der Waals surface area contributed by atoms with Gasteiger partial charge >= 0.3 is 0 Å². The normalized spacial score (nSPS) is 14.2. The van der Waals surface area contributed by atoms with Crippen LogP contribution < -0.4 is 10.6 Å². The van der Waals surface area contributed by atoms with Crippen LogP contribution in [0, 0.1) is 0 Å². The summed E-state index contributed by atoms with van der Waals surface area (Å²) in [4.78, 5) is 23.9. The van der Waals surface area contributed by atoms with Crippen molar-refractivity contribution in [3.8, 4) is 0 Å². The van der Waals surface area contributed by atoms with E-state index in [2.05, 4.69) is 10.6 Å². The highest BCUT2D eigenvalue weighted by Crippen LogP contribution is 2.33. The molecule has 0 atom stereocenters. The van der Waals surface area contributed by atoms with E-state index < -0.39 is 15.9 Å². The largest absolute Gasteiger partial charge is 0.383 e. The van der Waals surface area contributed by atoms with Crippen molar-refractivity contribution in [3.05, 3.63) is 18.2 Å². The van der Waals surface area contributed by atoms with Crippen molar-refractivity contribution in [2.24, 2.45) is 0 Å². The fourth-order valence-electron chi connectivity index (χ4n) is 2.03. The average Bonchev–Trinajstić information content (AvgIpc) is 2.54. The molecule has 0 radical (unpaired) electrons. The predicted octanol–water partition coefficient (Wildman–Crippen LogP) is 0.114. The molecule has 10 heteroatoms. The maximum Gasteiger partial charge on any atom is 0.243 e. The molecule has 0 aliphatic carbocycles. The van der Waals surface area contributed by atoms with Crippen molar-refractivity contribution in [2.75, 3.05) is 44.9 Å². The smallest absolute Gasteiger partial charge is 0.243 e. The number of methoxy groups -OCH3 is 1. The van der Waals surface area contributed by atoms with Crippen LogP contribution in [0.3, 0.4) is 0 Å². The number of nitrogens with zero attached hydrogens (tertiary/aromatic N) is 1. The summed E-state index contributed by atoms with van der Waals surface area (Å²) in [5.41, 5.74) is 0.593. The van der Waals surface area contributed by atoms with Crippen molar-refractivity contribution in [1.82, 2.24) is 9.62 Å². The minimum Gasteiger partial charge on any atom is -0.383 e. The number of amides is 2. The number of likely N-dealkylation sites (N-methyl/N-ethyl adjacent to an activating group) is 1. The number of nitrogens with one attached hydrogen (secondary N) is 2. The Balaban J connectivity index is 2.09. The molecule has 2 rings (SSSR count). The summed E-state index contributed by atoms with van der Waals surface area (Å²) in [5.74, 6) is -0.278. The lowest BCUT2D eigenvalue weighted by molar-refractivity contribution is -0.121. The van der Waals surface area contributed by atoms with Crippen LogP contribution in [0.5, 0.6) is 0 Å². The summed E-state index contributed by atoms with van der Waals surface area (Å²) in [6, 6.07) is 4.48. The first kappa shape index (κ1) is 18.7. The van der Waals surface area contributed by atoms with Crippen LogP contribution in [0.1, 0.15) is 0 Å². The number of carbonyl (C=O) groups is 2. The highest BCUT2D eigenvalue weighted by Gasteiger charge is 2.25. The van der Waals surface area contributed by atoms with Gasteiger partial charge in [-0.3, -0.25) is 9.59 Å². The van der Waals surface area contributed by atoms with E-state index in [-0.39, 0.29) is 23.1 Å². The molecule has 8 nitrogen and oxygen atoms in total. The minimum atomic E-state index is -3.80. The summed E-state index contributed by atoms with van der Waals surface area (Å²) < 4.78 is 30.9. The Kier molecular flexibility index (Phi) is 6.21. The van der Waals surface area contributed by atoms with E-state index in [0.29, 0.717) is 23.7 Å². The SMILES string of the molecule is COCCNC(=O)CN(C)S(=O)(=O)c1ccc2c(c1)SCC(=O)N2. The molecule has 1 aliphatic heterocycles. The topological polar surface area (TPSA) is 105 Å². The number of rotatable bonds is 7. The van der Waals surface area contributed by atoms with Gasteiger partial charge in [0.2, 0.25) is 21.8 Å². The summed E-state index contributed by atoms with van der Waals surface area (Å²) >= 11 is 1.28. The van der Waals surface area contributed by atoms with Gasteiger partial charge in [-0.25, -0.2) is 8.42 Å². The van der Waals surface area contributed by atoms with Crippen LogP contribution in [-0.4, -0.2) is 64.1 Å². The maximum absolute atomic E-state index is 12.6. The molecule has 0 fully saturated rings. The lowest BCUT2D eigenvalue weighted by Crippen LogP contribution is -2.39. The first-order valence-electron chi connectivity index (χ1n) is 7.13. The van der Waals surface area contributed by atoms with Gasteiger partial charge in [0.05, 0.1) is 29.5 Å². The molecule has 0 saturated carbocycles. The lowest BCUT2D eigenvalue weighted by atomic mass is 10.3. The Hall–Kier alpha value is -1.62. The predicted molar refractivity (Wildman–Crippen MR) is 90.5 cm³/mol. The molecule has 0 unspecified atom stereocenters. The summed E-state index contributed by atoms with van der Waals surface area (Å²) in [5, 5.41) is 5.26. The van der Waals surface area contributed by atoms with Crippen LogP contribution in [0.4, 0.5) is 5.69 Å². The number of benzene rings is 1. The molecule has 1 aromatic carbocycles. The van der Waals surface area contributed by atoms with Crippen molar-refractivity contribution in [1.29, 1.82) is 0 Å². The fourth-order valence-corrected chi connectivity index (χ4v) is 4.10. The van der Waals surface area contributed by atoms with Gasteiger partial charge in [-0.1, -0.05) is 0 Å². The fraction of sp³-hybridized carbons (Fsp3) is 0.429. The van der Waals surface area contributed by atoms with E-state index in [4.69, 9.17) is 4.74 Å². The zero-order valence-corrected chi connectivity index (χ0v) is 15.0. The molecule has 0 bridgehead atoms. The zero-order chi connectivity index (χ0) is 17.7. The maximum atomic E-state index is 12.6. The Labute approximate surface area is 145 Å². The van der Waals surface area contributed by atoms with Crippen LogP contribution >= 0.6 is 11.8 Å². The monoisotopic (exact) mass is 373 g/mol. The van der Waals surface area contributed by atoms with Crippen LogP contribution in [0.25, 0.3) is 0 Å². The molecule has 132 valence electrons. The van der Waals surface area contributed by atoms with Gasteiger partial charge in [0.15, 0.2) is 0 Å². The molecular formula is C14H19N3O5S2. The average molecular weight is 373 g/mol. The second kappa shape index (κ2) is 7.97. The van der Waals surface area contributed by atoms with Crippen molar-refractivity contribution in [2.45, 2.75) is 9.79 Å². The molecule has 1 heterocycles. The highest BCUT2D eigenvalue weighted by atomic mass is 32.2. The van der Waals surface area contributed by atoms with Crippen molar-refractivity contribution >= 4 is 39.3 Å². The number of ether oxygens (including phenoxy) is 1. The molecule has 2 amide bonds. The molecule has 1 aromatic rings. The molecule has 0 saturated heterocycles. The number of hydrogen-bond acceptors (Lipinski definition) is 6. The highest BCUT2D eigenvalue weighted by molar-refractivity contribution is 8.00. The number of hydrogen-bond donors (Lipinski definition) is 2. The van der Waals surface area contributed by atoms with Gasteiger partial charge in [0.1, 0.15) is 0 Å². The number of carbonyl (C=O) groups excluding carboxylic acids is 2. The first-order valence-corrected chi connectivity index (χ1v) is 9.56. The lowest BCUT2D eigenvalue weighted by Gasteiger charge is -2.20. The van der Waals surface area contributed by atoms with Gasteiger partial charge in [0.25, 0.3) is 0 Å². The second-order valence-corrected chi connectivity index (χ2v) is 8.16. The van der Waals surface area contributed by atoms with Gasteiger partial charge in [-0.15, -0.1) is 11.8 Å². The van der Waals surface area contributed by atoms with Gasteiger partial charge in [0, 0.05) is 25.6 Å². The van der Waals surface area contributed by atoms with E-state index in [9.17, 15) is 18.0 Å². The van der Waals surface area contributed by atoms with Crippen molar-refractivity contribution in [3.63, 3.8) is 0 Å². The minimum absolute atomic E-state index is 0.0806. The van der Waals surface area contributed by atoms with Crippen LogP contribution in [0.15, 0.2) is 28.0 Å². The third kappa shape index (κ3) is 4.47. The second-order valence-electron chi connectivity index (χ2n) is 5.10. The van der Waals surface area contributed by atoms with Gasteiger partial charge in [-0.2, -0.15) is 4.31 Å². The van der Waals surface area contributed by atoms with Gasteiger partial charge in [-0.05, 0) is 18.2 Å². The van der Waals surface area contributed by atoms with Crippen molar-refractivity contribution < 1.29 is 22.7 Å². The standard InChI is InChI=1S/C14H19N3O5S2/c1-17(8-13(18)15-5-6-22-2)24(20,21)10-3-4-11-12(7-10)23-9-14(19)16-11/h3-4,7H,5-6,8-9H2,1-2H3,(H,15,18)(H,16,19). The molecule has 0 aromatic heterocycles. The molecule has 24 heavy (non-hydrogen) atoms. The number of fused-ring (bicyclic) bond motifs is 1. The van der Waals surface area contributed by atoms with E-state index in [0.717, 1.165) is 4.31 Å². The Bertz CT molecular complexity index is 736. The summed E-state index contributed by atoms with van der Waals surface area (Å²) in [6.07, 6.45) is 0. The summed E-state index contributed by atoms with van der Waals surface area (Å²) in [7, 11) is -0.936. The number of thioether (sulfide) groups is 1. The zero-order valence-electron chi connectivity index (χ0n) is 13.4. The Morgan fingerprint density at radius 2 is 2.21 bits per heavy atom. The van der Waals surface area contributed by atoms with E-state index in [1.165, 1.54) is 38.1 Å². The quantitative estimate of drug-likeness (QED) is 0.658. The molecular weight excluding hydrogens is 354 g/mol. The molecule has 0 spiro atoms. The first-order chi connectivity index (χ1) is 11.3. The van der Waals surface area contributed by atoms with Crippen LogP contribution in [-0.2, 0) is 24.3 Å². The Morgan fingerprint density at radius 1 is 1.46 bits per heavy atom. The summed E-state index contributed by atoms with van der Waals surface area (Å²) in [6.45, 7) is 0.390. The number of sulfonamides is 1. The van der Waals surface area contributed by atoms with E-state index in [1.807, 2.05) is 0 Å². The third-order valence-corrected chi connectivity index (χ3v) is 6.14. The van der Waals surface area contributed by atoms with Gasteiger partial charge < -0.3 is 15.4 Å². The van der Waals surface area contributed by atoms with E-state index in [1.54, 1.807) is 6.07 Å². The van der Waals surface area contributed by atoms with Crippen LogP contribution in [0.2, 0.25) is 0 Å². The Morgan fingerprint density at radius 3 is 2.92 bits per heavy atom.